The predicted molar refractivity (Wildman–Crippen MR) is 84.9 cm³/mol. The number of methoxy groups -OCH3 is 1. The molecule has 1 unspecified atom stereocenters. The highest BCUT2D eigenvalue weighted by Gasteiger charge is 2.21. The van der Waals surface area contributed by atoms with Gasteiger partial charge in [-0.3, -0.25) is 8.86 Å². The highest BCUT2D eigenvalue weighted by molar-refractivity contribution is 7.80. The van der Waals surface area contributed by atoms with Gasteiger partial charge in [-0.25, -0.2) is 9.00 Å². The molecule has 0 aliphatic rings. The van der Waals surface area contributed by atoms with Gasteiger partial charge >= 0.3 is 5.97 Å². The molecule has 6 heteroatoms. The number of esters is 1. The minimum absolute atomic E-state index is 0.256. The first kappa shape index (κ1) is 17.7. The molecule has 118 valence electrons. The zero-order valence-corrected chi connectivity index (χ0v) is 13.8. The van der Waals surface area contributed by atoms with Crippen molar-refractivity contribution in [2.75, 3.05) is 18.0 Å². The van der Waals surface area contributed by atoms with E-state index in [9.17, 15) is 13.6 Å². The second-order valence-electron chi connectivity index (χ2n) is 5.11. The summed E-state index contributed by atoms with van der Waals surface area (Å²) in [5, 5.41) is 0. The lowest BCUT2D eigenvalue weighted by Crippen LogP contribution is -2.28. The second-order valence-corrected chi connectivity index (χ2v) is 6.01. The highest BCUT2D eigenvalue weighted by Crippen LogP contribution is 2.27. The summed E-state index contributed by atoms with van der Waals surface area (Å²) in [5.74, 6) is -0.245. The van der Waals surface area contributed by atoms with Crippen molar-refractivity contribution in [3.63, 3.8) is 0 Å². The molecule has 0 heterocycles. The van der Waals surface area contributed by atoms with E-state index in [4.69, 9.17) is 4.74 Å². The first-order chi connectivity index (χ1) is 9.92. The van der Waals surface area contributed by atoms with Crippen LogP contribution in [0.2, 0.25) is 0 Å². The van der Waals surface area contributed by atoms with Crippen molar-refractivity contribution in [2.45, 2.75) is 39.5 Å². The maximum absolute atomic E-state index is 12.0. The van der Waals surface area contributed by atoms with Crippen LogP contribution in [0.25, 0.3) is 0 Å². The molecule has 0 spiro atoms. The molecule has 1 aromatic carbocycles. The number of carbonyl (C=O) groups is 1. The largest absolute Gasteiger partial charge is 0.465 e. The van der Waals surface area contributed by atoms with Gasteiger partial charge in [0.2, 0.25) is 0 Å². The van der Waals surface area contributed by atoms with Gasteiger partial charge in [0.1, 0.15) is 0 Å². The van der Waals surface area contributed by atoms with Gasteiger partial charge in [-0.2, -0.15) is 0 Å². The van der Waals surface area contributed by atoms with Crippen molar-refractivity contribution in [1.82, 2.24) is 0 Å². The van der Waals surface area contributed by atoms with Crippen LogP contribution >= 0.6 is 0 Å². The van der Waals surface area contributed by atoms with Crippen LogP contribution in [0.5, 0.6) is 0 Å². The number of anilines is 1. The summed E-state index contributed by atoms with van der Waals surface area (Å²) in [4.78, 5) is 12.0. The van der Waals surface area contributed by atoms with Crippen LogP contribution in [0.15, 0.2) is 18.2 Å². The molecule has 1 rings (SSSR count). The van der Waals surface area contributed by atoms with E-state index in [0.717, 1.165) is 18.4 Å². The molecule has 0 bridgehead atoms. The van der Waals surface area contributed by atoms with Gasteiger partial charge in [0.05, 0.1) is 18.4 Å². The van der Waals surface area contributed by atoms with Crippen LogP contribution in [0.3, 0.4) is 0 Å². The van der Waals surface area contributed by atoms with Gasteiger partial charge in [0.25, 0.3) is 11.3 Å². The molecule has 0 aromatic heterocycles. The van der Waals surface area contributed by atoms with Crippen LogP contribution < -0.4 is 4.31 Å². The number of ether oxygens (including phenoxy) is 1. The van der Waals surface area contributed by atoms with E-state index in [-0.39, 0.29) is 5.92 Å². The molecular formula is C15H23NO4S. The minimum atomic E-state index is -2.18. The molecule has 1 aromatic rings. The van der Waals surface area contributed by atoms with Crippen molar-refractivity contribution >= 4 is 22.9 Å². The molecule has 0 aliphatic heterocycles. The van der Waals surface area contributed by atoms with Gasteiger partial charge in [-0.1, -0.05) is 33.3 Å². The van der Waals surface area contributed by atoms with Gasteiger partial charge in [0.15, 0.2) is 0 Å². The Labute approximate surface area is 128 Å². The Bertz CT molecular complexity index is 516. The third-order valence-corrected chi connectivity index (χ3v) is 4.02. The Morgan fingerprint density at radius 1 is 1.43 bits per heavy atom. The zero-order chi connectivity index (χ0) is 16.0. The van der Waals surface area contributed by atoms with Crippen molar-refractivity contribution in [3.8, 4) is 0 Å². The lowest BCUT2D eigenvalue weighted by atomic mass is 9.99. The number of hydrogen-bond donors (Lipinski definition) is 1. The molecule has 1 atom stereocenters. The topological polar surface area (TPSA) is 66.8 Å². The smallest absolute Gasteiger partial charge is 0.340 e. The van der Waals surface area contributed by atoms with Crippen LogP contribution in [-0.4, -0.2) is 28.4 Å². The van der Waals surface area contributed by atoms with E-state index in [2.05, 4.69) is 0 Å². The molecule has 0 saturated heterocycles. The van der Waals surface area contributed by atoms with E-state index in [0.29, 0.717) is 17.8 Å². The van der Waals surface area contributed by atoms with E-state index in [1.807, 2.05) is 26.8 Å². The first-order valence-corrected chi connectivity index (χ1v) is 8.09. The molecule has 0 radical (unpaired) electrons. The van der Waals surface area contributed by atoms with Crippen molar-refractivity contribution in [3.05, 3.63) is 29.3 Å². The summed E-state index contributed by atoms with van der Waals surface area (Å²) in [7, 11) is 1.31. The fraction of sp³-hybridized carbons (Fsp3) is 0.533. The van der Waals surface area contributed by atoms with Crippen molar-refractivity contribution < 1.29 is 18.3 Å². The SMILES string of the molecule is CCCCN(c1ccc(C(C)C)cc1C(=O)OC)S(=O)O. The fourth-order valence-electron chi connectivity index (χ4n) is 1.99. The van der Waals surface area contributed by atoms with Gasteiger partial charge in [-0.05, 0) is 30.0 Å². The van der Waals surface area contributed by atoms with E-state index < -0.39 is 17.2 Å². The van der Waals surface area contributed by atoms with Crippen LogP contribution in [0.1, 0.15) is 55.5 Å². The van der Waals surface area contributed by atoms with Crippen LogP contribution in [0.4, 0.5) is 5.69 Å². The lowest BCUT2D eigenvalue weighted by Gasteiger charge is -2.23. The summed E-state index contributed by atoms with van der Waals surface area (Å²) < 4.78 is 27.2. The summed E-state index contributed by atoms with van der Waals surface area (Å²) >= 11 is -2.18. The van der Waals surface area contributed by atoms with Crippen LogP contribution in [-0.2, 0) is 16.0 Å². The summed E-state index contributed by atoms with van der Waals surface area (Å²) in [6.45, 7) is 6.45. The number of hydrogen-bond acceptors (Lipinski definition) is 3. The average Bonchev–Trinajstić information content (AvgIpc) is 2.46. The highest BCUT2D eigenvalue weighted by atomic mass is 32.2. The van der Waals surface area contributed by atoms with Gasteiger partial charge in [0, 0.05) is 6.54 Å². The van der Waals surface area contributed by atoms with Crippen molar-refractivity contribution in [1.29, 1.82) is 0 Å². The van der Waals surface area contributed by atoms with E-state index in [1.165, 1.54) is 11.4 Å². The molecule has 0 aliphatic carbocycles. The van der Waals surface area contributed by atoms with Crippen LogP contribution in [0, 0.1) is 0 Å². The van der Waals surface area contributed by atoms with Gasteiger partial charge in [-0.15, -0.1) is 0 Å². The third-order valence-electron chi connectivity index (χ3n) is 3.26. The number of rotatable bonds is 7. The molecule has 0 fully saturated rings. The summed E-state index contributed by atoms with van der Waals surface area (Å²) in [5.41, 5.74) is 1.74. The second kappa shape index (κ2) is 8.14. The molecule has 0 amide bonds. The predicted octanol–water partition coefficient (Wildman–Crippen LogP) is 3.34. The van der Waals surface area contributed by atoms with E-state index in [1.54, 1.807) is 12.1 Å². The number of benzene rings is 1. The molecule has 21 heavy (non-hydrogen) atoms. The maximum atomic E-state index is 12.0. The quantitative estimate of drug-likeness (QED) is 0.619. The summed E-state index contributed by atoms with van der Waals surface area (Å²) in [6.07, 6.45) is 1.66. The molecule has 5 nitrogen and oxygen atoms in total. The Morgan fingerprint density at radius 2 is 2.10 bits per heavy atom. The first-order valence-electron chi connectivity index (χ1n) is 7.03. The third kappa shape index (κ3) is 4.54. The van der Waals surface area contributed by atoms with E-state index >= 15 is 0 Å². The Kier molecular flexibility index (Phi) is 6.84. The molecule has 1 N–H and O–H groups in total. The zero-order valence-electron chi connectivity index (χ0n) is 13.0. The number of carbonyl (C=O) groups excluding carboxylic acids is 1. The van der Waals surface area contributed by atoms with Crippen molar-refractivity contribution in [2.24, 2.45) is 0 Å². The Hall–Kier alpha value is -1.40. The minimum Gasteiger partial charge on any atom is -0.465 e. The fourth-order valence-corrected chi connectivity index (χ4v) is 2.60. The van der Waals surface area contributed by atoms with Gasteiger partial charge < -0.3 is 4.74 Å². The average molecular weight is 313 g/mol. The normalized spacial score (nSPS) is 12.3. The Balaban J connectivity index is 3.30. The standard InChI is InChI=1S/C15H23NO4S/c1-5-6-9-16(21(18)19)14-8-7-12(11(2)3)10-13(14)15(17)20-4/h7-8,10-11H,5-6,9H2,1-4H3,(H,18,19). The summed E-state index contributed by atoms with van der Waals surface area (Å²) in [6, 6.07) is 5.32. The lowest BCUT2D eigenvalue weighted by molar-refractivity contribution is 0.0601. The monoisotopic (exact) mass is 313 g/mol. The maximum Gasteiger partial charge on any atom is 0.340 e. The number of unbranched alkanes of at least 4 members (excludes halogenated alkanes) is 1. The molecular weight excluding hydrogens is 290 g/mol. The number of nitrogens with zero attached hydrogens (tertiary/aromatic N) is 1. The molecule has 0 saturated carbocycles. The Morgan fingerprint density at radius 3 is 2.57 bits per heavy atom.